The summed E-state index contributed by atoms with van der Waals surface area (Å²) in [5.41, 5.74) is 9.65. The molecule has 2 aromatic heterocycles. The van der Waals surface area contributed by atoms with Crippen molar-refractivity contribution in [3.8, 4) is 0 Å². The number of fused-ring (bicyclic) bond motifs is 1. The fraction of sp³-hybridized carbons (Fsp3) is 0.429. The van der Waals surface area contributed by atoms with Gasteiger partial charge in [0.05, 0.1) is 18.0 Å². The predicted molar refractivity (Wildman–Crippen MR) is 109 cm³/mol. The molecule has 0 atom stereocenters. The second kappa shape index (κ2) is 8.06. The van der Waals surface area contributed by atoms with Gasteiger partial charge in [-0.15, -0.1) is 0 Å². The van der Waals surface area contributed by atoms with Gasteiger partial charge in [0.15, 0.2) is 0 Å². The van der Waals surface area contributed by atoms with Gasteiger partial charge >= 0.3 is 0 Å². The molecule has 146 valence electrons. The molecular weight excluding hydrogens is 352 g/mol. The number of aromatic amines is 1. The van der Waals surface area contributed by atoms with Crippen LogP contribution in [0.25, 0.3) is 6.08 Å². The van der Waals surface area contributed by atoms with Crippen molar-refractivity contribution in [3.63, 3.8) is 0 Å². The van der Waals surface area contributed by atoms with Crippen molar-refractivity contribution in [1.29, 1.82) is 0 Å². The minimum absolute atomic E-state index is 0.187. The highest BCUT2D eigenvalue weighted by atomic mass is 16.2. The minimum atomic E-state index is -0.187. The zero-order valence-corrected chi connectivity index (χ0v) is 16.5. The van der Waals surface area contributed by atoms with Crippen LogP contribution in [0.2, 0.25) is 0 Å². The molecule has 7 heteroatoms. The van der Waals surface area contributed by atoms with E-state index < -0.39 is 0 Å². The van der Waals surface area contributed by atoms with Gasteiger partial charge < -0.3 is 4.98 Å². The number of H-pyrrole nitrogens is 1. The zero-order valence-electron chi connectivity index (χ0n) is 16.5. The summed E-state index contributed by atoms with van der Waals surface area (Å²) in [7, 11) is 0. The maximum absolute atomic E-state index is 12.5. The first-order valence-corrected chi connectivity index (χ1v) is 10.0. The molecule has 2 aliphatic rings. The van der Waals surface area contributed by atoms with E-state index in [1.165, 1.54) is 29.7 Å². The van der Waals surface area contributed by atoms with Crippen LogP contribution in [-0.2, 0) is 24.2 Å². The minimum Gasteiger partial charge on any atom is -0.358 e. The Balaban J connectivity index is 1.76. The molecule has 0 saturated heterocycles. The first-order valence-electron chi connectivity index (χ1n) is 10.0. The van der Waals surface area contributed by atoms with Crippen LogP contribution in [0.3, 0.4) is 0 Å². The van der Waals surface area contributed by atoms with Gasteiger partial charge in [0.25, 0.3) is 5.91 Å². The van der Waals surface area contributed by atoms with Crippen LogP contribution in [0.5, 0.6) is 0 Å². The highest BCUT2D eigenvalue weighted by Crippen LogP contribution is 2.30. The van der Waals surface area contributed by atoms with Gasteiger partial charge in [-0.05, 0) is 62.0 Å². The maximum atomic E-state index is 12.5. The molecule has 4 rings (SSSR count). The molecule has 2 N–H and O–H groups in total. The van der Waals surface area contributed by atoms with Crippen molar-refractivity contribution in [2.75, 3.05) is 13.1 Å². The van der Waals surface area contributed by atoms with E-state index in [1.54, 1.807) is 12.4 Å². The summed E-state index contributed by atoms with van der Waals surface area (Å²) in [6.07, 6.45) is 9.81. The van der Waals surface area contributed by atoms with Crippen LogP contribution in [-0.4, -0.2) is 44.8 Å². The number of hydrogen-bond acceptors (Lipinski definition) is 5. The number of nitrogens with one attached hydrogen (secondary N) is 2. The number of carbonyl (C=O) groups excluding carboxylic acids is 1. The quantitative estimate of drug-likeness (QED) is 0.756. The number of carbonyl (C=O) groups is 1. The number of hydrogen-bond donors (Lipinski definition) is 2. The molecule has 28 heavy (non-hydrogen) atoms. The van der Waals surface area contributed by atoms with Gasteiger partial charge in [-0.2, -0.15) is 15.3 Å². The third-order valence-electron chi connectivity index (χ3n) is 5.63. The lowest BCUT2D eigenvalue weighted by Gasteiger charge is -2.20. The fourth-order valence-electron chi connectivity index (χ4n) is 4.02. The number of nitrogens with zero attached hydrogens (tertiary/aromatic N) is 4. The van der Waals surface area contributed by atoms with E-state index in [0.29, 0.717) is 11.3 Å². The van der Waals surface area contributed by atoms with Gasteiger partial charge in [0, 0.05) is 23.5 Å². The van der Waals surface area contributed by atoms with E-state index in [1.807, 2.05) is 12.1 Å². The van der Waals surface area contributed by atoms with Crippen LogP contribution in [0.4, 0.5) is 0 Å². The second-order valence-corrected chi connectivity index (χ2v) is 7.23. The highest BCUT2D eigenvalue weighted by molar-refractivity contribution is 6.33. The molecule has 1 amide bonds. The lowest BCUT2D eigenvalue weighted by molar-refractivity contribution is -0.116. The van der Waals surface area contributed by atoms with E-state index in [4.69, 9.17) is 0 Å². The largest absolute Gasteiger partial charge is 0.358 e. The fourth-order valence-corrected chi connectivity index (χ4v) is 4.02. The number of aromatic nitrogens is 3. The topological polar surface area (TPSA) is 86.3 Å². The Morgan fingerprint density at radius 2 is 2.00 bits per heavy atom. The van der Waals surface area contributed by atoms with Gasteiger partial charge in [-0.25, -0.2) is 5.43 Å². The van der Waals surface area contributed by atoms with Crippen molar-refractivity contribution in [2.24, 2.45) is 5.10 Å². The summed E-state index contributed by atoms with van der Waals surface area (Å²) in [6.45, 7) is 7.27. The summed E-state index contributed by atoms with van der Waals surface area (Å²) in [5, 5.41) is 12.0. The first kappa shape index (κ1) is 18.6. The van der Waals surface area contributed by atoms with Gasteiger partial charge in [-0.1, -0.05) is 13.8 Å². The number of amides is 1. The van der Waals surface area contributed by atoms with Crippen molar-refractivity contribution < 1.29 is 4.79 Å². The lowest BCUT2D eigenvalue weighted by atomic mass is 9.93. The monoisotopic (exact) mass is 378 g/mol. The van der Waals surface area contributed by atoms with E-state index in [9.17, 15) is 4.79 Å². The van der Waals surface area contributed by atoms with E-state index >= 15 is 0 Å². The number of hydrazone groups is 1. The number of rotatable bonds is 6. The standard InChI is InChI=1S/C21H26N6O/c1-3-27(4-2)13-17-15-7-5-6-8-18(15)24-19(17)11-16-20(25-26-21(16)28)14-9-10-22-23-12-14/h9-12,24H,3-8,13H2,1-2H3,(H,26,28)/b16-11+. The summed E-state index contributed by atoms with van der Waals surface area (Å²) in [6, 6.07) is 1.82. The van der Waals surface area contributed by atoms with Crippen LogP contribution in [0.1, 0.15) is 54.8 Å². The van der Waals surface area contributed by atoms with Gasteiger partial charge in [-0.3, -0.25) is 9.69 Å². The third-order valence-corrected chi connectivity index (χ3v) is 5.63. The Labute approximate surface area is 164 Å². The molecule has 3 heterocycles. The van der Waals surface area contributed by atoms with Crippen LogP contribution in [0.15, 0.2) is 29.1 Å². The molecule has 0 bridgehead atoms. The molecule has 0 spiro atoms. The maximum Gasteiger partial charge on any atom is 0.273 e. The summed E-state index contributed by atoms with van der Waals surface area (Å²) in [5.74, 6) is -0.187. The van der Waals surface area contributed by atoms with Crippen LogP contribution in [0, 0.1) is 0 Å². The van der Waals surface area contributed by atoms with Gasteiger partial charge in [0.2, 0.25) is 0 Å². The number of aryl methyl sites for hydroxylation is 1. The molecule has 0 aromatic carbocycles. The Morgan fingerprint density at radius 1 is 1.18 bits per heavy atom. The van der Waals surface area contributed by atoms with Crippen molar-refractivity contribution in [2.45, 2.75) is 46.1 Å². The van der Waals surface area contributed by atoms with E-state index in [0.717, 1.165) is 43.7 Å². The van der Waals surface area contributed by atoms with Crippen LogP contribution >= 0.6 is 0 Å². The van der Waals surface area contributed by atoms with E-state index in [-0.39, 0.29) is 5.91 Å². The molecule has 0 radical (unpaired) electrons. The smallest absolute Gasteiger partial charge is 0.273 e. The molecule has 7 nitrogen and oxygen atoms in total. The Morgan fingerprint density at radius 3 is 2.75 bits per heavy atom. The first-order chi connectivity index (χ1) is 13.7. The average molecular weight is 378 g/mol. The summed E-state index contributed by atoms with van der Waals surface area (Å²) in [4.78, 5) is 18.5. The Hall–Kier alpha value is -2.80. The SMILES string of the molecule is CCN(CC)Cc1c(/C=C2/C(=O)NN=C2c2ccnnc2)[nH]c2c1CCCC2. The average Bonchev–Trinajstić information content (AvgIpc) is 3.27. The predicted octanol–water partition coefficient (Wildman–Crippen LogP) is 2.44. The summed E-state index contributed by atoms with van der Waals surface area (Å²) >= 11 is 0. The lowest BCUT2D eigenvalue weighted by Crippen LogP contribution is -2.23. The molecule has 0 unspecified atom stereocenters. The van der Waals surface area contributed by atoms with E-state index in [2.05, 4.69) is 44.5 Å². The molecule has 0 fully saturated rings. The zero-order chi connectivity index (χ0) is 19.5. The molecule has 1 aliphatic heterocycles. The third kappa shape index (κ3) is 3.49. The van der Waals surface area contributed by atoms with Crippen molar-refractivity contribution in [1.82, 2.24) is 25.5 Å². The Kier molecular flexibility index (Phi) is 5.34. The molecule has 2 aromatic rings. The highest BCUT2D eigenvalue weighted by Gasteiger charge is 2.27. The van der Waals surface area contributed by atoms with Crippen molar-refractivity contribution in [3.05, 3.63) is 52.1 Å². The second-order valence-electron chi connectivity index (χ2n) is 7.23. The molecule has 0 saturated carbocycles. The Bertz CT molecular complexity index is 924. The van der Waals surface area contributed by atoms with Crippen molar-refractivity contribution >= 4 is 17.7 Å². The molecular formula is C21H26N6O. The molecule has 1 aliphatic carbocycles. The summed E-state index contributed by atoms with van der Waals surface area (Å²) < 4.78 is 0. The van der Waals surface area contributed by atoms with Gasteiger partial charge in [0.1, 0.15) is 5.71 Å². The normalized spacial score (nSPS) is 17.8. The van der Waals surface area contributed by atoms with Crippen LogP contribution < -0.4 is 5.43 Å².